The van der Waals surface area contributed by atoms with E-state index in [0.717, 1.165) is 39.3 Å². The molecule has 184 valence electrons. The molecule has 3 aromatic rings. The molecule has 0 spiro atoms. The molecule has 3 aromatic carbocycles. The fraction of sp³-hybridized carbons (Fsp3) is 0.286. The monoisotopic (exact) mass is 479 g/mol. The molecular weight excluding hydrogens is 449 g/mol. The van der Waals surface area contributed by atoms with Crippen LogP contribution in [0.15, 0.2) is 54.6 Å². The normalized spacial score (nSPS) is 14.9. The molecule has 4 rings (SSSR count). The van der Waals surface area contributed by atoms with Crippen molar-refractivity contribution in [2.45, 2.75) is 32.2 Å². The smallest absolute Gasteiger partial charge is 0.172 e. The number of aliphatic hydroxyl groups is 3. The Kier molecular flexibility index (Phi) is 7.52. The molecule has 0 fully saturated rings. The van der Waals surface area contributed by atoms with Crippen LogP contribution in [0.25, 0.3) is 23.3 Å². The van der Waals surface area contributed by atoms with Gasteiger partial charge in [-0.1, -0.05) is 42.5 Å². The maximum absolute atomic E-state index is 14.5. The molecule has 4 N–H and O–H groups in total. The summed E-state index contributed by atoms with van der Waals surface area (Å²) in [5.41, 5.74) is 3.94. The molecule has 1 heterocycles. The number of hydrogen-bond acceptors (Lipinski definition) is 6. The number of nitrogens with one attached hydrogen (secondary N) is 1. The van der Waals surface area contributed by atoms with Crippen molar-refractivity contribution in [1.82, 2.24) is 5.32 Å². The molecule has 1 aliphatic rings. The second kappa shape index (κ2) is 10.6. The van der Waals surface area contributed by atoms with Gasteiger partial charge in [0.1, 0.15) is 19.0 Å². The molecule has 1 unspecified atom stereocenters. The Balaban J connectivity index is 1.56. The third-order valence-electron chi connectivity index (χ3n) is 6.33. The van der Waals surface area contributed by atoms with E-state index in [2.05, 4.69) is 5.32 Å². The molecule has 0 amide bonds. The Bertz CT molecular complexity index is 1230. The lowest BCUT2D eigenvalue weighted by molar-refractivity contribution is -0.117. The second-order valence-corrected chi connectivity index (χ2v) is 8.87. The van der Waals surface area contributed by atoms with Gasteiger partial charge in [-0.25, -0.2) is 4.39 Å². The van der Waals surface area contributed by atoms with E-state index in [9.17, 15) is 19.7 Å². The second-order valence-electron chi connectivity index (χ2n) is 8.87. The zero-order valence-corrected chi connectivity index (χ0v) is 19.8. The van der Waals surface area contributed by atoms with Gasteiger partial charge in [0, 0.05) is 12.1 Å². The molecule has 7 heteroatoms. The van der Waals surface area contributed by atoms with Crippen LogP contribution in [-0.4, -0.2) is 47.0 Å². The van der Waals surface area contributed by atoms with Gasteiger partial charge >= 0.3 is 0 Å². The van der Waals surface area contributed by atoms with Gasteiger partial charge in [-0.05, 0) is 65.9 Å². The molecule has 1 atom stereocenters. The number of fused-ring (bicyclic) bond motifs is 1. The third kappa shape index (κ3) is 5.55. The molecule has 1 aliphatic heterocycles. The highest BCUT2D eigenvalue weighted by Crippen LogP contribution is 2.36. The van der Waals surface area contributed by atoms with Gasteiger partial charge in [-0.15, -0.1) is 0 Å². The minimum Gasteiger partial charge on any atom is -0.486 e. The fourth-order valence-electron chi connectivity index (χ4n) is 3.90. The molecule has 0 aliphatic carbocycles. The highest BCUT2D eigenvalue weighted by atomic mass is 19.1. The van der Waals surface area contributed by atoms with E-state index in [-0.39, 0.29) is 12.4 Å². The lowest BCUT2D eigenvalue weighted by Crippen LogP contribution is -2.54. The van der Waals surface area contributed by atoms with E-state index < -0.39 is 18.4 Å². The standard InChI is InChI=1S/C28H30FNO5/c1-18-20(4-3-5-23(18)21-9-11-25-26(15-21)35-13-12-34-25)7-8-22-14-19(6-10-24(22)29)16-30-28(2,17-31)27(32)33/h3-11,14-15,27,30-33H,12-13,16-17H2,1-2H3/b8-7+. The first-order chi connectivity index (χ1) is 16.8. The average Bonchev–Trinajstić information content (AvgIpc) is 2.87. The number of ether oxygens (including phenoxy) is 2. The van der Waals surface area contributed by atoms with Gasteiger partial charge < -0.3 is 30.1 Å². The van der Waals surface area contributed by atoms with Crippen LogP contribution in [0, 0.1) is 12.7 Å². The van der Waals surface area contributed by atoms with Gasteiger partial charge in [0.2, 0.25) is 0 Å². The predicted molar refractivity (Wildman–Crippen MR) is 133 cm³/mol. The van der Waals surface area contributed by atoms with E-state index in [1.165, 1.54) is 13.0 Å². The highest BCUT2D eigenvalue weighted by molar-refractivity contribution is 5.78. The Morgan fingerprint density at radius 2 is 1.74 bits per heavy atom. The lowest BCUT2D eigenvalue weighted by Gasteiger charge is -2.30. The van der Waals surface area contributed by atoms with Crippen LogP contribution < -0.4 is 14.8 Å². The SMILES string of the molecule is Cc1c(/C=C/c2cc(CNC(C)(CO)C(O)O)ccc2F)cccc1-c1ccc2c(c1)OCCO2. The first kappa shape index (κ1) is 24.9. The quantitative estimate of drug-likeness (QED) is 0.290. The van der Waals surface area contributed by atoms with Crippen molar-refractivity contribution < 1.29 is 29.2 Å². The van der Waals surface area contributed by atoms with Crippen LogP contribution >= 0.6 is 0 Å². The van der Waals surface area contributed by atoms with Crippen LogP contribution in [-0.2, 0) is 6.54 Å². The molecule has 0 aromatic heterocycles. The van der Waals surface area contributed by atoms with E-state index in [1.54, 1.807) is 18.2 Å². The Labute approximate surface area is 204 Å². The van der Waals surface area contributed by atoms with Crippen LogP contribution in [0.5, 0.6) is 11.5 Å². The van der Waals surface area contributed by atoms with Crippen molar-refractivity contribution in [3.63, 3.8) is 0 Å². The first-order valence-corrected chi connectivity index (χ1v) is 11.5. The average molecular weight is 480 g/mol. The first-order valence-electron chi connectivity index (χ1n) is 11.5. The summed E-state index contributed by atoms with van der Waals surface area (Å²) in [6.07, 6.45) is 1.86. The van der Waals surface area contributed by atoms with Crippen molar-refractivity contribution in [3.05, 3.63) is 82.7 Å². The van der Waals surface area contributed by atoms with Crippen LogP contribution in [0.3, 0.4) is 0 Å². The lowest BCUT2D eigenvalue weighted by atomic mass is 9.95. The van der Waals surface area contributed by atoms with Gasteiger partial charge in [-0.3, -0.25) is 0 Å². The molecule has 0 saturated heterocycles. The van der Waals surface area contributed by atoms with Crippen molar-refractivity contribution >= 4 is 12.2 Å². The van der Waals surface area contributed by atoms with Crippen molar-refractivity contribution in [3.8, 4) is 22.6 Å². The Morgan fingerprint density at radius 3 is 2.49 bits per heavy atom. The summed E-state index contributed by atoms with van der Waals surface area (Å²) in [4.78, 5) is 0. The zero-order valence-electron chi connectivity index (χ0n) is 19.8. The summed E-state index contributed by atoms with van der Waals surface area (Å²) in [5.74, 6) is 1.11. The fourth-order valence-corrected chi connectivity index (χ4v) is 3.90. The molecule has 35 heavy (non-hydrogen) atoms. The number of aliphatic hydroxyl groups excluding tert-OH is 2. The summed E-state index contributed by atoms with van der Waals surface area (Å²) in [6, 6.07) is 16.6. The predicted octanol–water partition coefficient (Wildman–Crippen LogP) is 3.89. The molecule has 0 saturated carbocycles. The molecule has 0 bridgehead atoms. The van der Waals surface area contributed by atoms with E-state index in [1.807, 2.05) is 49.4 Å². The maximum Gasteiger partial charge on any atom is 0.172 e. The third-order valence-corrected chi connectivity index (χ3v) is 6.33. The summed E-state index contributed by atoms with van der Waals surface area (Å²) in [6.45, 7) is 4.37. The number of hydrogen-bond donors (Lipinski definition) is 4. The number of halogens is 1. The topological polar surface area (TPSA) is 91.2 Å². The van der Waals surface area contributed by atoms with Gasteiger partial charge in [0.15, 0.2) is 17.8 Å². The summed E-state index contributed by atoms with van der Waals surface area (Å²) in [5, 5.41) is 31.4. The summed E-state index contributed by atoms with van der Waals surface area (Å²) < 4.78 is 25.9. The molecule has 0 radical (unpaired) electrons. The van der Waals surface area contributed by atoms with Gasteiger partial charge in [-0.2, -0.15) is 0 Å². The van der Waals surface area contributed by atoms with Crippen molar-refractivity contribution in [2.75, 3.05) is 19.8 Å². The van der Waals surface area contributed by atoms with Crippen molar-refractivity contribution in [2.24, 2.45) is 0 Å². The molecular formula is C28H30FNO5. The minimum atomic E-state index is -1.74. The summed E-state index contributed by atoms with van der Waals surface area (Å²) in [7, 11) is 0. The van der Waals surface area contributed by atoms with Gasteiger partial charge in [0.05, 0.1) is 12.1 Å². The number of benzene rings is 3. The zero-order chi connectivity index (χ0) is 25.0. The Morgan fingerprint density at radius 1 is 1.00 bits per heavy atom. The summed E-state index contributed by atoms with van der Waals surface area (Å²) >= 11 is 0. The van der Waals surface area contributed by atoms with E-state index in [4.69, 9.17) is 9.47 Å². The van der Waals surface area contributed by atoms with E-state index >= 15 is 0 Å². The van der Waals surface area contributed by atoms with E-state index in [0.29, 0.717) is 18.8 Å². The maximum atomic E-state index is 14.5. The van der Waals surface area contributed by atoms with Crippen LogP contribution in [0.1, 0.15) is 29.2 Å². The Hall–Kier alpha value is -3.23. The highest BCUT2D eigenvalue weighted by Gasteiger charge is 2.30. The van der Waals surface area contributed by atoms with Crippen LogP contribution in [0.2, 0.25) is 0 Å². The van der Waals surface area contributed by atoms with Crippen LogP contribution in [0.4, 0.5) is 4.39 Å². The number of rotatable bonds is 8. The van der Waals surface area contributed by atoms with Gasteiger partial charge in [0.25, 0.3) is 0 Å². The largest absolute Gasteiger partial charge is 0.486 e. The molecule has 6 nitrogen and oxygen atoms in total. The van der Waals surface area contributed by atoms with Crippen molar-refractivity contribution in [1.29, 1.82) is 0 Å². The minimum absolute atomic E-state index is 0.231.